The first kappa shape index (κ1) is 11.9. The van der Waals surface area contributed by atoms with Gasteiger partial charge in [0.25, 0.3) is 0 Å². The third-order valence-electron chi connectivity index (χ3n) is 1.94. The molecular formula is C11H13ClO3. The van der Waals surface area contributed by atoms with Crippen LogP contribution in [0.4, 0.5) is 0 Å². The monoisotopic (exact) mass is 228 g/mol. The van der Waals surface area contributed by atoms with Crippen molar-refractivity contribution in [2.24, 2.45) is 0 Å². The largest absolute Gasteiger partial charge is 0.497 e. The number of ether oxygens (including phenoxy) is 2. The molecule has 15 heavy (non-hydrogen) atoms. The van der Waals surface area contributed by atoms with Gasteiger partial charge < -0.3 is 9.47 Å². The van der Waals surface area contributed by atoms with Crippen LogP contribution in [-0.4, -0.2) is 19.0 Å². The van der Waals surface area contributed by atoms with Crippen LogP contribution >= 0.6 is 11.6 Å². The summed E-state index contributed by atoms with van der Waals surface area (Å²) in [7, 11) is 1.60. The molecule has 0 spiro atoms. The van der Waals surface area contributed by atoms with Gasteiger partial charge in [-0.05, 0) is 17.7 Å². The fraction of sp³-hybridized carbons (Fsp3) is 0.364. The Bertz CT molecular complexity index is 321. The first-order valence-corrected chi connectivity index (χ1v) is 5.08. The zero-order valence-corrected chi connectivity index (χ0v) is 9.45. The van der Waals surface area contributed by atoms with Crippen molar-refractivity contribution in [1.82, 2.24) is 0 Å². The third kappa shape index (κ3) is 3.44. The van der Waals surface area contributed by atoms with Gasteiger partial charge in [0.1, 0.15) is 11.9 Å². The highest BCUT2D eigenvalue weighted by atomic mass is 35.5. The molecule has 0 bridgehead atoms. The maximum Gasteiger partial charge on any atom is 0.303 e. The minimum absolute atomic E-state index is 0.242. The normalized spacial score (nSPS) is 11.9. The summed E-state index contributed by atoms with van der Waals surface area (Å²) in [6, 6.07) is 7.26. The molecule has 0 aliphatic carbocycles. The van der Waals surface area contributed by atoms with Gasteiger partial charge in [0, 0.05) is 6.92 Å². The van der Waals surface area contributed by atoms with E-state index in [0.717, 1.165) is 11.3 Å². The highest BCUT2D eigenvalue weighted by Gasteiger charge is 2.13. The Kier molecular flexibility index (Phi) is 4.43. The van der Waals surface area contributed by atoms with Crippen molar-refractivity contribution in [3.05, 3.63) is 29.8 Å². The lowest BCUT2D eigenvalue weighted by atomic mass is 10.1. The summed E-state index contributed by atoms with van der Waals surface area (Å²) in [4.78, 5) is 10.8. The van der Waals surface area contributed by atoms with Gasteiger partial charge in [-0.3, -0.25) is 4.79 Å². The van der Waals surface area contributed by atoms with E-state index < -0.39 is 6.10 Å². The van der Waals surface area contributed by atoms with E-state index in [-0.39, 0.29) is 11.8 Å². The van der Waals surface area contributed by atoms with E-state index >= 15 is 0 Å². The predicted molar refractivity (Wildman–Crippen MR) is 58.2 cm³/mol. The van der Waals surface area contributed by atoms with Gasteiger partial charge in [-0.25, -0.2) is 0 Å². The number of benzene rings is 1. The number of esters is 1. The number of carbonyl (C=O) groups excluding carboxylic acids is 1. The summed E-state index contributed by atoms with van der Waals surface area (Å²) in [6.07, 6.45) is -0.393. The number of hydrogen-bond acceptors (Lipinski definition) is 3. The zero-order chi connectivity index (χ0) is 11.3. The van der Waals surface area contributed by atoms with E-state index in [4.69, 9.17) is 21.1 Å². The van der Waals surface area contributed by atoms with Crippen molar-refractivity contribution < 1.29 is 14.3 Å². The molecule has 0 radical (unpaired) electrons. The summed E-state index contributed by atoms with van der Waals surface area (Å²) in [5.41, 5.74) is 0.862. The van der Waals surface area contributed by atoms with Gasteiger partial charge >= 0.3 is 5.97 Å². The molecule has 0 saturated carbocycles. The Morgan fingerprint density at radius 3 is 2.40 bits per heavy atom. The van der Waals surface area contributed by atoms with E-state index in [2.05, 4.69) is 0 Å². The number of methoxy groups -OCH3 is 1. The van der Waals surface area contributed by atoms with Crippen molar-refractivity contribution in [3.8, 4) is 5.75 Å². The van der Waals surface area contributed by atoms with Crippen LogP contribution in [0, 0.1) is 0 Å². The number of hydrogen-bond donors (Lipinski definition) is 0. The van der Waals surface area contributed by atoms with Gasteiger partial charge in [-0.1, -0.05) is 12.1 Å². The molecule has 0 saturated heterocycles. The maximum atomic E-state index is 10.8. The van der Waals surface area contributed by atoms with Crippen LogP contribution in [0.15, 0.2) is 24.3 Å². The number of rotatable bonds is 4. The van der Waals surface area contributed by atoms with Crippen LogP contribution in [-0.2, 0) is 9.53 Å². The maximum absolute atomic E-state index is 10.8. The lowest BCUT2D eigenvalue weighted by Gasteiger charge is -2.14. The zero-order valence-electron chi connectivity index (χ0n) is 8.70. The molecule has 82 valence electrons. The molecule has 4 heteroatoms. The van der Waals surface area contributed by atoms with Gasteiger partial charge in [0.05, 0.1) is 13.0 Å². The second-order valence-electron chi connectivity index (χ2n) is 3.03. The van der Waals surface area contributed by atoms with Crippen molar-refractivity contribution in [2.75, 3.05) is 13.0 Å². The van der Waals surface area contributed by atoms with Crippen LogP contribution in [0.25, 0.3) is 0 Å². The standard InChI is InChI=1S/C11H13ClO3/c1-8(13)15-11(7-12)9-3-5-10(14-2)6-4-9/h3-6,11H,7H2,1-2H3/t11-/m1/s1. The minimum Gasteiger partial charge on any atom is -0.497 e. The van der Waals surface area contributed by atoms with Gasteiger partial charge in [0.15, 0.2) is 0 Å². The Labute approximate surface area is 93.9 Å². The van der Waals surface area contributed by atoms with Gasteiger partial charge in [-0.15, -0.1) is 11.6 Å². The fourth-order valence-electron chi connectivity index (χ4n) is 1.21. The number of alkyl halides is 1. The average Bonchev–Trinajstić information content (AvgIpc) is 2.26. The molecular weight excluding hydrogens is 216 g/mol. The average molecular weight is 229 g/mol. The van der Waals surface area contributed by atoms with Crippen LogP contribution in [0.2, 0.25) is 0 Å². The lowest BCUT2D eigenvalue weighted by molar-refractivity contribution is -0.145. The quantitative estimate of drug-likeness (QED) is 0.587. The Balaban J connectivity index is 2.78. The Morgan fingerprint density at radius 2 is 2.00 bits per heavy atom. The first-order valence-electron chi connectivity index (χ1n) is 4.54. The van der Waals surface area contributed by atoms with Crippen molar-refractivity contribution in [2.45, 2.75) is 13.0 Å². The van der Waals surface area contributed by atoms with Gasteiger partial charge in [-0.2, -0.15) is 0 Å². The molecule has 0 heterocycles. The second-order valence-corrected chi connectivity index (χ2v) is 3.33. The molecule has 1 rings (SSSR count). The van der Waals surface area contributed by atoms with Crippen LogP contribution in [0.1, 0.15) is 18.6 Å². The first-order chi connectivity index (χ1) is 7.17. The smallest absolute Gasteiger partial charge is 0.303 e. The number of halogens is 1. The topological polar surface area (TPSA) is 35.5 Å². The van der Waals surface area contributed by atoms with Crippen molar-refractivity contribution >= 4 is 17.6 Å². The molecule has 0 amide bonds. The molecule has 0 aliphatic heterocycles. The molecule has 1 atom stereocenters. The van der Waals surface area contributed by atoms with E-state index in [0.29, 0.717) is 0 Å². The second kappa shape index (κ2) is 5.61. The third-order valence-corrected chi connectivity index (χ3v) is 2.22. The Morgan fingerprint density at radius 1 is 1.40 bits per heavy atom. The molecule has 0 aromatic heterocycles. The molecule has 0 unspecified atom stereocenters. The number of carbonyl (C=O) groups is 1. The molecule has 1 aromatic rings. The van der Waals surface area contributed by atoms with Crippen LogP contribution in [0.3, 0.4) is 0 Å². The summed E-state index contributed by atoms with van der Waals surface area (Å²) < 4.78 is 10.1. The Hall–Kier alpha value is -1.22. The summed E-state index contributed by atoms with van der Waals surface area (Å²) in [6.45, 7) is 1.36. The summed E-state index contributed by atoms with van der Waals surface area (Å²) in [5.74, 6) is 0.665. The van der Waals surface area contributed by atoms with Crippen LogP contribution < -0.4 is 4.74 Å². The van der Waals surface area contributed by atoms with Crippen LogP contribution in [0.5, 0.6) is 5.75 Å². The fourth-order valence-corrected chi connectivity index (χ4v) is 1.45. The van der Waals surface area contributed by atoms with Crippen molar-refractivity contribution in [1.29, 1.82) is 0 Å². The molecule has 0 fully saturated rings. The summed E-state index contributed by atoms with van der Waals surface area (Å²) >= 11 is 5.71. The highest BCUT2D eigenvalue weighted by molar-refractivity contribution is 6.18. The molecule has 0 N–H and O–H groups in total. The lowest BCUT2D eigenvalue weighted by Crippen LogP contribution is -2.09. The van der Waals surface area contributed by atoms with E-state index in [1.54, 1.807) is 19.2 Å². The van der Waals surface area contributed by atoms with E-state index in [1.807, 2.05) is 12.1 Å². The SMILES string of the molecule is COc1ccc([C@@H](CCl)OC(C)=O)cc1. The molecule has 1 aromatic carbocycles. The minimum atomic E-state index is -0.393. The summed E-state index contributed by atoms with van der Waals surface area (Å²) in [5, 5.41) is 0. The molecule has 3 nitrogen and oxygen atoms in total. The van der Waals surface area contributed by atoms with Gasteiger partial charge in [0.2, 0.25) is 0 Å². The molecule has 0 aliphatic rings. The predicted octanol–water partition coefficient (Wildman–Crippen LogP) is 2.54. The highest BCUT2D eigenvalue weighted by Crippen LogP contribution is 2.21. The van der Waals surface area contributed by atoms with E-state index in [1.165, 1.54) is 6.92 Å². The van der Waals surface area contributed by atoms with Crippen molar-refractivity contribution in [3.63, 3.8) is 0 Å². The van der Waals surface area contributed by atoms with E-state index in [9.17, 15) is 4.79 Å².